The summed E-state index contributed by atoms with van der Waals surface area (Å²) in [6.07, 6.45) is 0.961. The van der Waals surface area contributed by atoms with Gasteiger partial charge in [0.15, 0.2) is 0 Å². The molecule has 0 radical (unpaired) electrons. The fourth-order valence-corrected chi connectivity index (χ4v) is 3.69. The summed E-state index contributed by atoms with van der Waals surface area (Å²) in [5.41, 5.74) is -0.109. The van der Waals surface area contributed by atoms with Crippen LogP contribution in [0.5, 0.6) is 0 Å². The lowest BCUT2D eigenvalue weighted by Gasteiger charge is -2.25. The molecule has 6 nitrogen and oxygen atoms in total. The normalized spacial score (nSPS) is 12.9. The van der Waals surface area contributed by atoms with E-state index >= 15 is 0 Å². The summed E-state index contributed by atoms with van der Waals surface area (Å²) in [6, 6.07) is 4.83. The summed E-state index contributed by atoms with van der Waals surface area (Å²) in [5, 5.41) is 10.2. The van der Waals surface area contributed by atoms with E-state index in [1.54, 1.807) is 12.1 Å². The second-order valence-corrected chi connectivity index (χ2v) is 6.91. The molecule has 8 heteroatoms. The van der Waals surface area contributed by atoms with E-state index in [4.69, 9.17) is 0 Å². The molecule has 0 fully saturated rings. The second kappa shape index (κ2) is 5.72. The van der Waals surface area contributed by atoms with Crippen molar-refractivity contribution in [2.75, 3.05) is 6.54 Å². The first-order valence-corrected chi connectivity index (χ1v) is 8.56. The van der Waals surface area contributed by atoms with Gasteiger partial charge < -0.3 is 5.11 Å². The molecule has 0 aliphatic rings. The van der Waals surface area contributed by atoms with Gasteiger partial charge in [0.1, 0.15) is 15.9 Å². The van der Waals surface area contributed by atoms with E-state index in [2.05, 4.69) is 13.5 Å². The Morgan fingerprint density at radius 2 is 2.00 bits per heavy atom. The summed E-state index contributed by atoms with van der Waals surface area (Å²) in [7, 11) is -3.72. The minimum Gasteiger partial charge on any atom is -0.389 e. The molecule has 2 rings (SSSR count). The van der Waals surface area contributed by atoms with Gasteiger partial charge in [0.25, 0.3) is 0 Å². The highest BCUT2D eigenvalue weighted by atomic mass is 32.2. The smallest absolute Gasteiger partial charge is 0.242 e. The van der Waals surface area contributed by atoms with Crippen molar-refractivity contribution in [3.63, 3.8) is 0 Å². The maximum Gasteiger partial charge on any atom is 0.242 e. The molecule has 0 saturated heterocycles. The van der Waals surface area contributed by atoms with Gasteiger partial charge in [-0.1, -0.05) is 19.9 Å². The van der Waals surface area contributed by atoms with Crippen LogP contribution in [0.3, 0.4) is 0 Å². The number of aromatic nitrogens is 2. The fraction of sp³-hybridized carbons (Fsp3) is 0.500. The van der Waals surface area contributed by atoms with Crippen LogP contribution in [-0.4, -0.2) is 34.4 Å². The first-order chi connectivity index (χ1) is 9.42. The molecule has 0 amide bonds. The Labute approximate surface area is 122 Å². The van der Waals surface area contributed by atoms with Crippen molar-refractivity contribution in [2.24, 2.45) is 0 Å². The minimum absolute atomic E-state index is 0.0176. The number of hydrogen-bond acceptors (Lipinski definition) is 6. The van der Waals surface area contributed by atoms with Gasteiger partial charge in [-0.05, 0) is 25.0 Å². The van der Waals surface area contributed by atoms with Crippen molar-refractivity contribution < 1.29 is 13.5 Å². The maximum absolute atomic E-state index is 12.3. The highest BCUT2D eigenvalue weighted by Gasteiger charge is 2.26. The number of sulfonamides is 1. The Balaban J connectivity index is 2.29. The van der Waals surface area contributed by atoms with Crippen LogP contribution in [0.25, 0.3) is 11.0 Å². The summed E-state index contributed by atoms with van der Waals surface area (Å²) in [4.78, 5) is 0.0957. The first-order valence-electron chi connectivity index (χ1n) is 6.35. The van der Waals surface area contributed by atoms with E-state index in [1.165, 1.54) is 6.07 Å². The fourth-order valence-electron chi connectivity index (χ4n) is 1.81. The molecule has 0 aliphatic carbocycles. The number of fused-ring (bicyclic) bond motifs is 1. The van der Waals surface area contributed by atoms with Crippen LogP contribution in [0.15, 0.2) is 23.1 Å². The number of nitrogens with zero attached hydrogens (tertiary/aromatic N) is 2. The van der Waals surface area contributed by atoms with E-state index in [9.17, 15) is 13.5 Å². The zero-order valence-corrected chi connectivity index (χ0v) is 13.0. The Bertz CT molecular complexity index is 693. The molecule has 0 saturated carbocycles. The van der Waals surface area contributed by atoms with Crippen molar-refractivity contribution in [3.8, 4) is 0 Å². The summed E-state index contributed by atoms with van der Waals surface area (Å²) in [6.45, 7) is 3.63. The molecule has 1 heterocycles. The molecule has 0 spiro atoms. The number of benzene rings is 1. The third-order valence-electron chi connectivity index (χ3n) is 3.45. The lowest BCUT2D eigenvalue weighted by molar-refractivity contribution is 0.0377. The van der Waals surface area contributed by atoms with E-state index < -0.39 is 15.6 Å². The summed E-state index contributed by atoms with van der Waals surface area (Å²) < 4.78 is 35.2. The average molecular weight is 315 g/mol. The third kappa shape index (κ3) is 2.98. The van der Waals surface area contributed by atoms with Crippen molar-refractivity contribution >= 4 is 32.8 Å². The molecule has 2 aromatic rings. The lowest BCUT2D eigenvalue weighted by atomic mass is 9.98. The van der Waals surface area contributed by atoms with Crippen molar-refractivity contribution in [1.29, 1.82) is 0 Å². The molecule has 20 heavy (non-hydrogen) atoms. The van der Waals surface area contributed by atoms with Crippen LogP contribution >= 0.6 is 11.7 Å². The summed E-state index contributed by atoms with van der Waals surface area (Å²) >= 11 is 0.974. The highest BCUT2D eigenvalue weighted by Crippen LogP contribution is 2.21. The van der Waals surface area contributed by atoms with E-state index in [1.807, 2.05) is 13.8 Å². The monoisotopic (exact) mass is 315 g/mol. The Kier molecular flexibility index (Phi) is 4.38. The Hall–Kier alpha value is -1.09. The number of hydrogen-bond donors (Lipinski definition) is 2. The predicted octanol–water partition coefficient (Wildman–Crippen LogP) is 1.52. The quantitative estimate of drug-likeness (QED) is 0.843. The van der Waals surface area contributed by atoms with Gasteiger partial charge in [0, 0.05) is 6.54 Å². The predicted molar refractivity (Wildman–Crippen MR) is 78.1 cm³/mol. The molecule has 1 aromatic carbocycles. The van der Waals surface area contributed by atoms with Crippen LogP contribution < -0.4 is 4.72 Å². The number of nitrogens with one attached hydrogen (secondary N) is 1. The van der Waals surface area contributed by atoms with E-state index in [0.717, 1.165) is 11.7 Å². The van der Waals surface area contributed by atoms with Gasteiger partial charge in [0.05, 0.1) is 17.3 Å². The number of rotatable bonds is 6. The van der Waals surface area contributed by atoms with Crippen molar-refractivity contribution in [2.45, 2.75) is 37.2 Å². The van der Waals surface area contributed by atoms with Gasteiger partial charge in [-0.25, -0.2) is 13.1 Å². The summed E-state index contributed by atoms with van der Waals surface area (Å²) in [5.74, 6) is 0. The highest BCUT2D eigenvalue weighted by molar-refractivity contribution is 7.89. The largest absolute Gasteiger partial charge is 0.389 e. The molecule has 110 valence electrons. The molecular weight excluding hydrogens is 298 g/mol. The topological polar surface area (TPSA) is 92.2 Å². The van der Waals surface area contributed by atoms with Crippen LogP contribution in [0.1, 0.15) is 26.7 Å². The van der Waals surface area contributed by atoms with E-state index in [-0.39, 0.29) is 11.4 Å². The Morgan fingerprint density at radius 3 is 2.65 bits per heavy atom. The third-order valence-corrected chi connectivity index (χ3v) is 5.42. The van der Waals surface area contributed by atoms with Crippen LogP contribution in [0.2, 0.25) is 0 Å². The van der Waals surface area contributed by atoms with E-state index in [0.29, 0.717) is 23.9 Å². The van der Waals surface area contributed by atoms with Crippen molar-refractivity contribution in [1.82, 2.24) is 13.5 Å². The van der Waals surface area contributed by atoms with Gasteiger partial charge in [-0.3, -0.25) is 0 Å². The SMILES string of the molecule is CCC(O)(CC)CNS(=O)(=O)c1cccc2nsnc12. The Morgan fingerprint density at radius 1 is 1.30 bits per heavy atom. The molecule has 1 aromatic heterocycles. The molecule has 0 atom stereocenters. The first kappa shape index (κ1) is 15.3. The van der Waals surface area contributed by atoms with Gasteiger partial charge in [0.2, 0.25) is 10.0 Å². The van der Waals surface area contributed by atoms with Gasteiger partial charge >= 0.3 is 0 Å². The molecule has 0 unspecified atom stereocenters. The van der Waals surface area contributed by atoms with Gasteiger partial charge in [-0.15, -0.1) is 0 Å². The number of aliphatic hydroxyl groups is 1. The zero-order chi connectivity index (χ0) is 14.8. The lowest BCUT2D eigenvalue weighted by Crippen LogP contribution is -2.42. The van der Waals surface area contributed by atoms with Crippen molar-refractivity contribution in [3.05, 3.63) is 18.2 Å². The molecule has 2 N–H and O–H groups in total. The standard InChI is InChI=1S/C12H17N3O3S2/c1-3-12(16,4-2)8-13-20(17,18)10-7-5-6-9-11(10)15-19-14-9/h5-7,13,16H,3-4,8H2,1-2H3. The van der Waals surface area contributed by atoms with Crippen LogP contribution in [-0.2, 0) is 10.0 Å². The average Bonchev–Trinajstić information content (AvgIpc) is 2.93. The maximum atomic E-state index is 12.3. The molecular formula is C12H17N3O3S2. The molecule has 0 aliphatic heterocycles. The van der Waals surface area contributed by atoms with Gasteiger partial charge in [-0.2, -0.15) is 8.75 Å². The molecule has 0 bridgehead atoms. The van der Waals surface area contributed by atoms with Crippen LogP contribution in [0, 0.1) is 0 Å². The zero-order valence-electron chi connectivity index (χ0n) is 11.3. The van der Waals surface area contributed by atoms with Crippen LogP contribution in [0.4, 0.5) is 0 Å². The second-order valence-electron chi connectivity index (χ2n) is 4.64. The minimum atomic E-state index is -3.72.